The Hall–Kier alpha value is -2.07. The zero-order chi connectivity index (χ0) is 14.4. The number of halogens is 1. The highest BCUT2D eigenvalue weighted by atomic mass is 19.1. The van der Waals surface area contributed by atoms with Crippen LogP contribution in [0, 0.1) is 12.7 Å². The molecule has 4 heteroatoms. The molecule has 2 aromatic rings. The lowest BCUT2D eigenvalue weighted by atomic mass is 10.1. The highest BCUT2D eigenvalue weighted by Crippen LogP contribution is 2.17. The van der Waals surface area contributed by atoms with Crippen LogP contribution < -0.4 is 10.1 Å². The molecule has 20 heavy (non-hydrogen) atoms. The number of hydrogen-bond donors (Lipinski definition) is 2. The summed E-state index contributed by atoms with van der Waals surface area (Å²) in [7, 11) is 0. The predicted octanol–water partition coefficient (Wildman–Crippen LogP) is 3.12. The molecule has 0 spiro atoms. The first-order valence-electron chi connectivity index (χ1n) is 6.51. The molecule has 0 aliphatic rings. The molecule has 0 saturated heterocycles. The van der Waals surface area contributed by atoms with Crippen LogP contribution >= 0.6 is 0 Å². The summed E-state index contributed by atoms with van der Waals surface area (Å²) in [4.78, 5) is 0. The van der Waals surface area contributed by atoms with Crippen molar-refractivity contribution in [3.63, 3.8) is 0 Å². The van der Waals surface area contributed by atoms with Crippen molar-refractivity contribution < 1.29 is 14.2 Å². The zero-order valence-corrected chi connectivity index (χ0v) is 11.4. The predicted molar refractivity (Wildman–Crippen MR) is 77.5 cm³/mol. The second kappa shape index (κ2) is 6.91. The third-order valence-corrected chi connectivity index (χ3v) is 2.90. The van der Waals surface area contributed by atoms with Crippen molar-refractivity contribution >= 4 is 5.69 Å². The summed E-state index contributed by atoms with van der Waals surface area (Å²) in [6.07, 6.45) is 0. The molecule has 0 unspecified atom stereocenters. The fourth-order valence-corrected chi connectivity index (χ4v) is 1.87. The molecule has 0 fully saturated rings. The Morgan fingerprint density at radius 3 is 2.60 bits per heavy atom. The van der Waals surface area contributed by atoms with Gasteiger partial charge in [-0.15, -0.1) is 0 Å². The van der Waals surface area contributed by atoms with Crippen LogP contribution in [0.1, 0.15) is 11.1 Å². The maximum atomic E-state index is 13.6. The second-order valence-corrected chi connectivity index (χ2v) is 4.54. The molecule has 2 N–H and O–H groups in total. The minimum Gasteiger partial charge on any atom is -0.491 e. The van der Waals surface area contributed by atoms with Gasteiger partial charge in [0.2, 0.25) is 0 Å². The minimum absolute atomic E-state index is 0.00731. The van der Waals surface area contributed by atoms with Gasteiger partial charge in [0.25, 0.3) is 0 Å². The summed E-state index contributed by atoms with van der Waals surface area (Å²) in [5.74, 6) is 0.498. The summed E-state index contributed by atoms with van der Waals surface area (Å²) in [5.41, 5.74) is 2.57. The first-order chi connectivity index (χ1) is 9.69. The van der Waals surface area contributed by atoms with Gasteiger partial charge < -0.3 is 15.2 Å². The van der Waals surface area contributed by atoms with Crippen LogP contribution in [0.5, 0.6) is 5.75 Å². The van der Waals surface area contributed by atoms with E-state index in [0.717, 1.165) is 11.3 Å². The number of nitrogens with one attached hydrogen (secondary N) is 1. The largest absolute Gasteiger partial charge is 0.491 e. The fourth-order valence-electron chi connectivity index (χ4n) is 1.87. The lowest BCUT2D eigenvalue weighted by Gasteiger charge is -2.09. The van der Waals surface area contributed by atoms with Crippen LogP contribution in [0.4, 0.5) is 10.1 Å². The van der Waals surface area contributed by atoms with Crippen molar-refractivity contribution in [1.82, 2.24) is 0 Å². The van der Waals surface area contributed by atoms with E-state index in [2.05, 4.69) is 5.32 Å². The van der Waals surface area contributed by atoms with Gasteiger partial charge in [0, 0.05) is 17.8 Å². The molecule has 0 saturated carbocycles. The normalized spacial score (nSPS) is 10.3. The standard InChI is InChI=1S/C16H18FNO2/c1-12-2-7-16(17)13(10-12)11-18-14-3-5-15(6-4-14)20-9-8-19/h2-7,10,18-19H,8-9,11H2,1H3. The smallest absolute Gasteiger partial charge is 0.128 e. The van der Waals surface area contributed by atoms with Crippen LogP contribution in [-0.4, -0.2) is 18.3 Å². The van der Waals surface area contributed by atoms with Crippen molar-refractivity contribution in [3.05, 3.63) is 59.4 Å². The molecule has 0 aromatic heterocycles. The minimum atomic E-state index is -0.203. The number of aryl methyl sites for hydroxylation is 1. The molecule has 2 rings (SSSR count). The number of aliphatic hydroxyl groups is 1. The van der Waals surface area contributed by atoms with Gasteiger partial charge in [0.15, 0.2) is 0 Å². The molecule has 0 radical (unpaired) electrons. The van der Waals surface area contributed by atoms with E-state index in [1.165, 1.54) is 6.07 Å². The third-order valence-electron chi connectivity index (χ3n) is 2.90. The Balaban J connectivity index is 1.95. The van der Waals surface area contributed by atoms with E-state index in [0.29, 0.717) is 17.9 Å². The Morgan fingerprint density at radius 2 is 1.90 bits per heavy atom. The van der Waals surface area contributed by atoms with Gasteiger partial charge in [0.1, 0.15) is 18.2 Å². The quantitative estimate of drug-likeness (QED) is 0.851. The number of rotatable bonds is 6. The molecular weight excluding hydrogens is 257 g/mol. The van der Waals surface area contributed by atoms with E-state index in [-0.39, 0.29) is 19.0 Å². The average Bonchev–Trinajstić information content (AvgIpc) is 2.47. The Labute approximate surface area is 118 Å². The van der Waals surface area contributed by atoms with E-state index in [9.17, 15) is 4.39 Å². The molecule has 0 aliphatic carbocycles. The van der Waals surface area contributed by atoms with Gasteiger partial charge in [-0.3, -0.25) is 0 Å². The monoisotopic (exact) mass is 275 g/mol. The van der Waals surface area contributed by atoms with Crippen LogP contribution in [-0.2, 0) is 6.54 Å². The first-order valence-corrected chi connectivity index (χ1v) is 6.51. The number of aliphatic hydroxyl groups excluding tert-OH is 1. The third kappa shape index (κ3) is 3.96. The van der Waals surface area contributed by atoms with Gasteiger partial charge in [-0.25, -0.2) is 4.39 Å². The van der Waals surface area contributed by atoms with E-state index in [1.807, 2.05) is 37.3 Å². The van der Waals surface area contributed by atoms with Crippen LogP contribution in [0.3, 0.4) is 0 Å². The maximum Gasteiger partial charge on any atom is 0.128 e. The molecular formula is C16H18FNO2. The molecule has 0 atom stereocenters. The molecule has 0 bridgehead atoms. The van der Waals surface area contributed by atoms with Crippen molar-refractivity contribution in [1.29, 1.82) is 0 Å². The summed E-state index contributed by atoms with van der Waals surface area (Å²) >= 11 is 0. The topological polar surface area (TPSA) is 41.5 Å². The second-order valence-electron chi connectivity index (χ2n) is 4.54. The Kier molecular flexibility index (Phi) is 4.96. The summed E-state index contributed by atoms with van der Waals surface area (Å²) < 4.78 is 18.9. The molecule has 0 aliphatic heterocycles. The molecule has 0 amide bonds. The van der Waals surface area contributed by atoms with Crippen LogP contribution in [0.25, 0.3) is 0 Å². The van der Waals surface area contributed by atoms with Crippen molar-refractivity contribution in [3.8, 4) is 5.75 Å². The number of hydrogen-bond acceptors (Lipinski definition) is 3. The molecule has 106 valence electrons. The van der Waals surface area contributed by atoms with Crippen molar-refractivity contribution in [2.45, 2.75) is 13.5 Å². The van der Waals surface area contributed by atoms with E-state index < -0.39 is 0 Å². The summed E-state index contributed by atoms with van der Waals surface area (Å²) in [5, 5.41) is 11.8. The first kappa shape index (κ1) is 14.3. The van der Waals surface area contributed by atoms with E-state index in [1.54, 1.807) is 6.07 Å². The Morgan fingerprint density at radius 1 is 1.15 bits per heavy atom. The summed E-state index contributed by atoms with van der Waals surface area (Å²) in [6, 6.07) is 12.4. The molecule has 2 aromatic carbocycles. The SMILES string of the molecule is Cc1ccc(F)c(CNc2ccc(OCCO)cc2)c1. The van der Waals surface area contributed by atoms with E-state index >= 15 is 0 Å². The van der Waals surface area contributed by atoms with Gasteiger partial charge in [-0.05, 0) is 37.3 Å². The van der Waals surface area contributed by atoms with Crippen molar-refractivity contribution in [2.24, 2.45) is 0 Å². The zero-order valence-electron chi connectivity index (χ0n) is 11.4. The van der Waals surface area contributed by atoms with E-state index in [4.69, 9.17) is 9.84 Å². The number of anilines is 1. The lowest BCUT2D eigenvalue weighted by Crippen LogP contribution is -2.03. The van der Waals surface area contributed by atoms with Gasteiger partial charge >= 0.3 is 0 Å². The van der Waals surface area contributed by atoms with Crippen LogP contribution in [0.2, 0.25) is 0 Å². The van der Waals surface area contributed by atoms with Gasteiger partial charge in [-0.1, -0.05) is 17.7 Å². The van der Waals surface area contributed by atoms with Gasteiger partial charge in [-0.2, -0.15) is 0 Å². The highest BCUT2D eigenvalue weighted by molar-refractivity contribution is 5.47. The molecule has 0 heterocycles. The molecule has 3 nitrogen and oxygen atoms in total. The van der Waals surface area contributed by atoms with Crippen LogP contribution in [0.15, 0.2) is 42.5 Å². The average molecular weight is 275 g/mol. The Bertz CT molecular complexity index is 555. The maximum absolute atomic E-state index is 13.6. The number of ether oxygens (including phenoxy) is 1. The fraction of sp³-hybridized carbons (Fsp3) is 0.250. The highest BCUT2D eigenvalue weighted by Gasteiger charge is 2.02. The summed E-state index contributed by atoms with van der Waals surface area (Å²) in [6.45, 7) is 2.65. The number of benzene rings is 2. The lowest BCUT2D eigenvalue weighted by molar-refractivity contribution is 0.201. The van der Waals surface area contributed by atoms with Crippen molar-refractivity contribution in [2.75, 3.05) is 18.5 Å². The van der Waals surface area contributed by atoms with Gasteiger partial charge in [0.05, 0.1) is 6.61 Å².